The lowest BCUT2D eigenvalue weighted by atomic mass is 10.3. The number of rotatable bonds is 3. The first-order valence-corrected chi connectivity index (χ1v) is 4.51. The highest BCUT2D eigenvalue weighted by Crippen LogP contribution is 2.15. The first-order chi connectivity index (χ1) is 5.84. The minimum atomic E-state index is 0.795. The maximum absolute atomic E-state index is 5.77. The lowest BCUT2D eigenvalue weighted by Crippen LogP contribution is -1.91. The molecular weight excluding hydrogens is 166 g/mol. The van der Waals surface area contributed by atoms with Crippen LogP contribution in [0.25, 0.3) is 5.70 Å². The van der Waals surface area contributed by atoms with Crippen LogP contribution in [0.1, 0.15) is 4.88 Å². The van der Waals surface area contributed by atoms with Gasteiger partial charge in [0.15, 0.2) is 0 Å². The molecule has 1 heterocycles. The summed E-state index contributed by atoms with van der Waals surface area (Å²) in [5, 5.41) is 2.01. The summed E-state index contributed by atoms with van der Waals surface area (Å²) in [7, 11) is 0. The van der Waals surface area contributed by atoms with Crippen molar-refractivity contribution in [2.45, 2.75) is 0 Å². The van der Waals surface area contributed by atoms with Gasteiger partial charge >= 0.3 is 0 Å². The van der Waals surface area contributed by atoms with E-state index in [2.05, 4.69) is 6.58 Å². The smallest absolute Gasteiger partial charge is 0.0499 e. The standard InChI is InChI=1S/C10H11NS/c1-2-3-4-6-9(11)10-7-5-8-12-10/h2-8H,1,11H2/b4-3+,9-6+. The van der Waals surface area contributed by atoms with E-state index in [0.29, 0.717) is 0 Å². The van der Waals surface area contributed by atoms with E-state index in [-0.39, 0.29) is 0 Å². The molecule has 0 aliphatic carbocycles. The van der Waals surface area contributed by atoms with E-state index in [1.807, 2.05) is 35.7 Å². The molecule has 0 saturated carbocycles. The Balaban J connectivity index is 2.71. The molecule has 2 heteroatoms. The van der Waals surface area contributed by atoms with Crippen molar-refractivity contribution in [3.8, 4) is 0 Å². The summed E-state index contributed by atoms with van der Waals surface area (Å²) in [6.45, 7) is 3.57. The van der Waals surface area contributed by atoms with Gasteiger partial charge in [-0.2, -0.15) is 0 Å². The first-order valence-electron chi connectivity index (χ1n) is 3.63. The molecule has 0 spiro atoms. The molecule has 1 nitrogen and oxygen atoms in total. The van der Waals surface area contributed by atoms with Gasteiger partial charge in [0.05, 0.1) is 0 Å². The monoisotopic (exact) mass is 177 g/mol. The van der Waals surface area contributed by atoms with E-state index in [0.717, 1.165) is 10.6 Å². The molecule has 1 aromatic rings. The molecule has 62 valence electrons. The predicted molar refractivity (Wildman–Crippen MR) is 55.8 cm³/mol. The second-order valence-electron chi connectivity index (χ2n) is 2.22. The normalized spacial score (nSPS) is 12.2. The molecule has 12 heavy (non-hydrogen) atoms. The van der Waals surface area contributed by atoms with Gasteiger partial charge in [0.25, 0.3) is 0 Å². The van der Waals surface area contributed by atoms with Gasteiger partial charge in [-0.25, -0.2) is 0 Å². The fourth-order valence-electron chi connectivity index (χ4n) is 0.763. The maximum Gasteiger partial charge on any atom is 0.0499 e. The van der Waals surface area contributed by atoms with Crippen molar-refractivity contribution in [1.29, 1.82) is 0 Å². The number of allylic oxidation sites excluding steroid dienone is 4. The number of nitrogens with two attached hydrogens (primary N) is 1. The number of hydrogen-bond donors (Lipinski definition) is 1. The summed E-state index contributed by atoms with van der Waals surface area (Å²) in [5.41, 5.74) is 6.56. The van der Waals surface area contributed by atoms with Crippen LogP contribution in [0.4, 0.5) is 0 Å². The zero-order valence-electron chi connectivity index (χ0n) is 6.73. The molecule has 0 bridgehead atoms. The van der Waals surface area contributed by atoms with E-state index < -0.39 is 0 Å². The van der Waals surface area contributed by atoms with Crippen LogP contribution in [-0.4, -0.2) is 0 Å². The van der Waals surface area contributed by atoms with Gasteiger partial charge in [-0.15, -0.1) is 11.3 Å². The Morgan fingerprint density at radius 3 is 2.92 bits per heavy atom. The topological polar surface area (TPSA) is 26.0 Å². The summed E-state index contributed by atoms with van der Waals surface area (Å²) in [4.78, 5) is 1.10. The average molecular weight is 177 g/mol. The van der Waals surface area contributed by atoms with Crippen molar-refractivity contribution in [2.24, 2.45) is 5.73 Å². The third kappa shape index (κ3) is 2.40. The molecule has 2 N–H and O–H groups in total. The van der Waals surface area contributed by atoms with Crippen molar-refractivity contribution >= 4 is 17.0 Å². The Morgan fingerprint density at radius 1 is 1.50 bits per heavy atom. The van der Waals surface area contributed by atoms with Crippen LogP contribution in [0.15, 0.2) is 48.4 Å². The maximum atomic E-state index is 5.77. The zero-order valence-corrected chi connectivity index (χ0v) is 7.55. The van der Waals surface area contributed by atoms with Crippen LogP contribution in [0.2, 0.25) is 0 Å². The van der Waals surface area contributed by atoms with E-state index in [1.165, 1.54) is 0 Å². The van der Waals surface area contributed by atoms with Crippen LogP contribution in [-0.2, 0) is 0 Å². The van der Waals surface area contributed by atoms with Gasteiger partial charge in [0.2, 0.25) is 0 Å². The largest absolute Gasteiger partial charge is 0.398 e. The van der Waals surface area contributed by atoms with Crippen LogP contribution in [0, 0.1) is 0 Å². The molecular formula is C10H11NS. The fourth-order valence-corrected chi connectivity index (χ4v) is 1.43. The predicted octanol–water partition coefficient (Wildman–Crippen LogP) is 2.79. The van der Waals surface area contributed by atoms with E-state index >= 15 is 0 Å². The molecule has 0 amide bonds. The molecule has 0 aliphatic heterocycles. The quantitative estimate of drug-likeness (QED) is 0.706. The first kappa shape index (κ1) is 8.81. The average Bonchev–Trinajstić information content (AvgIpc) is 2.56. The third-order valence-electron chi connectivity index (χ3n) is 1.33. The van der Waals surface area contributed by atoms with Crippen molar-refractivity contribution in [3.05, 3.63) is 53.3 Å². The minimum absolute atomic E-state index is 0.795. The van der Waals surface area contributed by atoms with Crippen molar-refractivity contribution < 1.29 is 0 Å². The van der Waals surface area contributed by atoms with E-state index in [1.54, 1.807) is 17.4 Å². The molecule has 0 atom stereocenters. The van der Waals surface area contributed by atoms with Crippen molar-refractivity contribution in [1.82, 2.24) is 0 Å². The van der Waals surface area contributed by atoms with Gasteiger partial charge in [0.1, 0.15) is 0 Å². The summed E-state index contributed by atoms with van der Waals surface area (Å²) in [6.07, 6.45) is 7.31. The van der Waals surface area contributed by atoms with Gasteiger partial charge in [-0.1, -0.05) is 30.9 Å². The van der Waals surface area contributed by atoms with Gasteiger partial charge in [0, 0.05) is 10.6 Å². The molecule has 0 radical (unpaired) electrons. The molecule has 1 rings (SSSR count). The second kappa shape index (κ2) is 4.57. The Hall–Kier alpha value is -1.28. The Morgan fingerprint density at radius 2 is 2.33 bits per heavy atom. The van der Waals surface area contributed by atoms with Gasteiger partial charge in [-0.05, 0) is 17.5 Å². The summed E-state index contributed by atoms with van der Waals surface area (Å²) >= 11 is 1.64. The molecule has 0 aliphatic rings. The SMILES string of the molecule is C=C/C=C/C=C(/N)c1cccs1. The third-order valence-corrected chi connectivity index (χ3v) is 2.25. The zero-order chi connectivity index (χ0) is 8.81. The lowest BCUT2D eigenvalue weighted by molar-refractivity contribution is 1.60. The molecule has 0 saturated heterocycles. The summed E-state index contributed by atoms with van der Waals surface area (Å²) < 4.78 is 0. The minimum Gasteiger partial charge on any atom is -0.398 e. The molecule has 0 aromatic carbocycles. The highest BCUT2D eigenvalue weighted by molar-refractivity contribution is 7.11. The summed E-state index contributed by atoms with van der Waals surface area (Å²) in [6, 6.07) is 3.98. The lowest BCUT2D eigenvalue weighted by Gasteiger charge is -1.92. The Bertz CT molecular complexity index is 294. The fraction of sp³-hybridized carbons (Fsp3) is 0. The van der Waals surface area contributed by atoms with Gasteiger partial charge < -0.3 is 5.73 Å². The highest BCUT2D eigenvalue weighted by Gasteiger charge is 1.93. The molecule has 0 fully saturated rings. The summed E-state index contributed by atoms with van der Waals surface area (Å²) in [5.74, 6) is 0. The number of thiophene rings is 1. The van der Waals surface area contributed by atoms with E-state index in [4.69, 9.17) is 5.73 Å². The number of hydrogen-bond acceptors (Lipinski definition) is 2. The van der Waals surface area contributed by atoms with Gasteiger partial charge in [-0.3, -0.25) is 0 Å². The van der Waals surface area contributed by atoms with Crippen LogP contribution in [0.3, 0.4) is 0 Å². The Labute approximate surface area is 76.5 Å². The van der Waals surface area contributed by atoms with Crippen LogP contribution in [0.5, 0.6) is 0 Å². The van der Waals surface area contributed by atoms with E-state index in [9.17, 15) is 0 Å². The van der Waals surface area contributed by atoms with Crippen molar-refractivity contribution in [2.75, 3.05) is 0 Å². The second-order valence-corrected chi connectivity index (χ2v) is 3.17. The van der Waals surface area contributed by atoms with Crippen LogP contribution < -0.4 is 5.73 Å². The Kier molecular flexibility index (Phi) is 3.35. The molecule has 1 aromatic heterocycles. The highest BCUT2D eigenvalue weighted by atomic mass is 32.1. The molecule has 0 unspecified atom stereocenters. The van der Waals surface area contributed by atoms with Crippen molar-refractivity contribution in [3.63, 3.8) is 0 Å². The van der Waals surface area contributed by atoms with Crippen LogP contribution >= 0.6 is 11.3 Å².